The van der Waals surface area contributed by atoms with Gasteiger partial charge in [0.25, 0.3) is 5.91 Å². The van der Waals surface area contributed by atoms with Gasteiger partial charge in [-0.3, -0.25) is 4.79 Å². The molecule has 1 heterocycles. The third-order valence-corrected chi connectivity index (χ3v) is 5.14. The van der Waals surface area contributed by atoms with Crippen LogP contribution in [0.4, 0.5) is 5.82 Å². The van der Waals surface area contributed by atoms with Crippen LogP contribution in [0.2, 0.25) is 0 Å². The van der Waals surface area contributed by atoms with Gasteiger partial charge in [-0.25, -0.2) is 9.97 Å². The number of aryl methyl sites for hydroxylation is 1. The maximum absolute atomic E-state index is 12.5. The van der Waals surface area contributed by atoms with E-state index in [4.69, 9.17) is 4.74 Å². The molecule has 3 rings (SSSR count). The smallest absolute Gasteiger partial charge is 0.270 e. The molecule has 0 bridgehead atoms. The third-order valence-electron chi connectivity index (χ3n) is 5.14. The standard InChI is InChI=1S/C22H30N4O2/c1-16-24-20(15-21(25-16)26-18-7-5-3-4-6-8-18)22(27)23-14-13-17-9-11-19(28-2)12-10-17/h9-12,15,18H,3-8,13-14H2,1-2H3,(H,23,27)(H,24,25,26). The average Bonchev–Trinajstić information content (AvgIpc) is 2.96. The first kappa shape index (κ1) is 20.1. The summed E-state index contributed by atoms with van der Waals surface area (Å²) in [5, 5.41) is 6.46. The highest BCUT2D eigenvalue weighted by Gasteiger charge is 2.15. The number of methoxy groups -OCH3 is 1. The van der Waals surface area contributed by atoms with Crippen LogP contribution in [0.5, 0.6) is 5.75 Å². The van der Waals surface area contributed by atoms with Crippen LogP contribution in [0.25, 0.3) is 0 Å². The third kappa shape index (κ3) is 5.94. The van der Waals surface area contributed by atoms with E-state index in [1.54, 1.807) is 13.2 Å². The zero-order valence-electron chi connectivity index (χ0n) is 16.8. The van der Waals surface area contributed by atoms with Gasteiger partial charge in [0.2, 0.25) is 0 Å². The van der Waals surface area contributed by atoms with Crippen molar-refractivity contribution in [1.82, 2.24) is 15.3 Å². The Morgan fingerprint density at radius 1 is 1.11 bits per heavy atom. The fourth-order valence-corrected chi connectivity index (χ4v) is 3.59. The summed E-state index contributed by atoms with van der Waals surface area (Å²) in [5.41, 5.74) is 1.56. The van der Waals surface area contributed by atoms with Crippen molar-refractivity contribution in [2.24, 2.45) is 0 Å². The fourth-order valence-electron chi connectivity index (χ4n) is 3.59. The van der Waals surface area contributed by atoms with E-state index in [1.165, 1.54) is 25.7 Å². The van der Waals surface area contributed by atoms with Gasteiger partial charge < -0.3 is 15.4 Å². The summed E-state index contributed by atoms with van der Waals surface area (Å²) in [5.74, 6) is 2.03. The summed E-state index contributed by atoms with van der Waals surface area (Å²) in [6.45, 7) is 2.38. The van der Waals surface area contributed by atoms with Gasteiger partial charge in [-0.2, -0.15) is 0 Å². The molecule has 1 aromatic carbocycles. The van der Waals surface area contributed by atoms with Crippen LogP contribution in [0.1, 0.15) is 60.4 Å². The molecule has 2 N–H and O–H groups in total. The lowest BCUT2D eigenvalue weighted by Gasteiger charge is -2.17. The van der Waals surface area contributed by atoms with Crippen molar-refractivity contribution in [3.8, 4) is 5.75 Å². The lowest BCUT2D eigenvalue weighted by atomic mass is 10.1. The van der Waals surface area contributed by atoms with Gasteiger partial charge in [-0.05, 0) is 43.9 Å². The number of nitrogens with one attached hydrogen (secondary N) is 2. The number of amides is 1. The van der Waals surface area contributed by atoms with Crippen LogP contribution in [-0.4, -0.2) is 35.6 Å². The summed E-state index contributed by atoms with van der Waals surface area (Å²) < 4.78 is 5.16. The maximum Gasteiger partial charge on any atom is 0.270 e. The minimum atomic E-state index is -0.164. The van der Waals surface area contributed by atoms with Crippen molar-refractivity contribution in [2.45, 2.75) is 57.9 Å². The minimum Gasteiger partial charge on any atom is -0.497 e. The van der Waals surface area contributed by atoms with Crippen LogP contribution in [0.15, 0.2) is 30.3 Å². The Bertz CT molecular complexity index is 769. The second-order valence-electron chi connectivity index (χ2n) is 7.37. The summed E-state index contributed by atoms with van der Waals surface area (Å²) in [6, 6.07) is 10.1. The molecule has 0 radical (unpaired) electrons. The molecule has 1 aliphatic carbocycles. The second-order valence-corrected chi connectivity index (χ2v) is 7.37. The van der Waals surface area contributed by atoms with Crippen molar-refractivity contribution in [1.29, 1.82) is 0 Å². The molecular weight excluding hydrogens is 352 g/mol. The van der Waals surface area contributed by atoms with Crippen molar-refractivity contribution < 1.29 is 9.53 Å². The molecule has 1 amide bonds. The van der Waals surface area contributed by atoms with Crippen LogP contribution in [-0.2, 0) is 6.42 Å². The Morgan fingerprint density at radius 3 is 2.50 bits per heavy atom. The topological polar surface area (TPSA) is 76.1 Å². The molecule has 0 spiro atoms. The quantitative estimate of drug-likeness (QED) is 0.710. The van der Waals surface area contributed by atoms with Crippen molar-refractivity contribution in [3.63, 3.8) is 0 Å². The molecule has 0 atom stereocenters. The molecule has 0 unspecified atom stereocenters. The number of hydrogen-bond donors (Lipinski definition) is 2. The predicted octanol–water partition coefficient (Wildman–Crippen LogP) is 3.90. The van der Waals surface area contributed by atoms with Crippen molar-refractivity contribution in [2.75, 3.05) is 19.0 Å². The fraction of sp³-hybridized carbons (Fsp3) is 0.500. The number of ether oxygens (including phenoxy) is 1. The summed E-state index contributed by atoms with van der Waals surface area (Å²) in [6.07, 6.45) is 8.19. The lowest BCUT2D eigenvalue weighted by Crippen LogP contribution is -2.27. The molecule has 1 saturated carbocycles. The van der Waals surface area contributed by atoms with Crippen LogP contribution in [0.3, 0.4) is 0 Å². The van der Waals surface area contributed by atoms with E-state index < -0.39 is 0 Å². The van der Waals surface area contributed by atoms with E-state index >= 15 is 0 Å². The van der Waals surface area contributed by atoms with Gasteiger partial charge in [0.05, 0.1) is 7.11 Å². The number of anilines is 1. The average molecular weight is 383 g/mol. The molecule has 0 saturated heterocycles. The first-order valence-corrected chi connectivity index (χ1v) is 10.2. The van der Waals surface area contributed by atoms with Crippen molar-refractivity contribution in [3.05, 3.63) is 47.4 Å². The monoisotopic (exact) mass is 382 g/mol. The summed E-state index contributed by atoms with van der Waals surface area (Å²) >= 11 is 0. The van der Waals surface area contributed by atoms with E-state index in [1.807, 2.05) is 31.2 Å². The predicted molar refractivity (Wildman–Crippen MR) is 111 cm³/mol. The van der Waals surface area contributed by atoms with E-state index in [-0.39, 0.29) is 5.91 Å². The SMILES string of the molecule is COc1ccc(CCNC(=O)c2cc(NC3CCCCCC3)nc(C)n2)cc1. The lowest BCUT2D eigenvalue weighted by molar-refractivity contribution is 0.0948. The zero-order valence-corrected chi connectivity index (χ0v) is 16.8. The number of hydrogen-bond acceptors (Lipinski definition) is 5. The summed E-state index contributed by atoms with van der Waals surface area (Å²) in [7, 11) is 1.65. The van der Waals surface area contributed by atoms with Gasteiger partial charge in [0.15, 0.2) is 0 Å². The number of aromatic nitrogens is 2. The number of carbonyl (C=O) groups excluding carboxylic acids is 1. The molecular formula is C22H30N4O2. The van der Waals surface area contributed by atoms with E-state index in [9.17, 15) is 4.79 Å². The normalized spacial score (nSPS) is 14.9. The Labute approximate surface area is 167 Å². The number of benzene rings is 1. The Kier molecular flexibility index (Phi) is 7.23. The van der Waals surface area contributed by atoms with Crippen LogP contribution in [0, 0.1) is 6.92 Å². The van der Waals surface area contributed by atoms with Gasteiger partial charge in [0, 0.05) is 18.7 Å². The number of rotatable bonds is 7. The second kappa shape index (κ2) is 10.1. The molecule has 6 nitrogen and oxygen atoms in total. The van der Waals surface area contributed by atoms with Crippen LogP contribution >= 0.6 is 0 Å². The molecule has 1 aromatic heterocycles. The van der Waals surface area contributed by atoms with E-state index in [0.717, 1.165) is 36.4 Å². The van der Waals surface area contributed by atoms with Gasteiger partial charge in [-0.1, -0.05) is 37.8 Å². The number of carbonyl (C=O) groups is 1. The van der Waals surface area contributed by atoms with Gasteiger partial charge in [-0.15, -0.1) is 0 Å². The van der Waals surface area contributed by atoms with Gasteiger partial charge >= 0.3 is 0 Å². The first-order chi connectivity index (χ1) is 13.6. The highest BCUT2D eigenvalue weighted by molar-refractivity contribution is 5.92. The van der Waals surface area contributed by atoms with Crippen LogP contribution < -0.4 is 15.4 Å². The summed E-state index contributed by atoms with van der Waals surface area (Å²) in [4.78, 5) is 21.3. The highest BCUT2D eigenvalue weighted by Crippen LogP contribution is 2.20. The van der Waals surface area contributed by atoms with E-state index in [2.05, 4.69) is 20.6 Å². The Balaban J connectivity index is 1.55. The Hall–Kier alpha value is -2.63. The Morgan fingerprint density at radius 2 is 1.82 bits per heavy atom. The largest absolute Gasteiger partial charge is 0.497 e. The minimum absolute atomic E-state index is 0.164. The number of nitrogens with zero attached hydrogens (tertiary/aromatic N) is 2. The highest BCUT2D eigenvalue weighted by atomic mass is 16.5. The van der Waals surface area contributed by atoms with Crippen molar-refractivity contribution >= 4 is 11.7 Å². The maximum atomic E-state index is 12.5. The molecule has 150 valence electrons. The molecule has 1 fully saturated rings. The molecule has 6 heteroatoms. The first-order valence-electron chi connectivity index (χ1n) is 10.2. The van der Waals surface area contributed by atoms with Gasteiger partial charge in [0.1, 0.15) is 23.1 Å². The molecule has 28 heavy (non-hydrogen) atoms. The molecule has 2 aromatic rings. The molecule has 1 aliphatic rings. The molecule has 0 aliphatic heterocycles. The zero-order chi connectivity index (χ0) is 19.8. The van der Waals surface area contributed by atoms with E-state index in [0.29, 0.717) is 24.1 Å².